The van der Waals surface area contributed by atoms with Crippen LogP contribution in [0.4, 0.5) is 4.79 Å². The van der Waals surface area contributed by atoms with Crippen LogP contribution < -0.4 is 10.1 Å². The van der Waals surface area contributed by atoms with Crippen LogP contribution in [0.25, 0.3) is 0 Å². The van der Waals surface area contributed by atoms with E-state index in [4.69, 9.17) is 4.74 Å². The van der Waals surface area contributed by atoms with Gasteiger partial charge in [0.2, 0.25) is 5.91 Å². The average Bonchev–Trinajstić information content (AvgIpc) is 3.07. The molecule has 0 bridgehead atoms. The summed E-state index contributed by atoms with van der Waals surface area (Å²) in [5, 5.41) is 12.2. The summed E-state index contributed by atoms with van der Waals surface area (Å²) < 4.78 is 5.72. The first-order valence-corrected chi connectivity index (χ1v) is 11.3. The van der Waals surface area contributed by atoms with Gasteiger partial charge in [0.05, 0.1) is 10.9 Å². The lowest BCUT2D eigenvalue weighted by Crippen LogP contribution is -2.33. The molecular weight excluding hydrogens is 430 g/mol. The first-order valence-electron chi connectivity index (χ1n) is 10.4. The number of benzene rings is 1. The Kier molecular flexibility index (Phi) is 7.05. The zero-order valence-electron chi connectivity index (χ0n) is 18.6. The molecule has 1 saturated heterocycles. The van der Waals surface area contributed by atoms with E-state index in [9.17, 15) is 24.3 Å². The number of Topliss-reactive ketones (excluding diaryl/α,β-unsaturated/α-hetero) is 2. The molecule has 1 fully saturated rings. The Bertz CT molecular complexity index is 1040. The fraction of sp³-hybridized carbons (Fsp3) is 0.417. The highest BCUT2D eigenvalue weighted by Gasteiger charge is 2.32. The van der Waals surface area contributed by atoms with Crippen molar-refractivity contribution in [1.82, 2.24) is 5.32 Å². The standard InChI is InChI=1S/C24H27NO6S/c1-13-14(2)21(27)18(15(3)20(13)26)9-10-24(4,30)12-31-17-7-5-16(6-8-17)11-19-22(28)25-23(29)32-19/h5-8,19,30H,9-12H2,1-4H3,(H,25,28,29)/t19-,24?/m1/s1. The van der Waals surface area contributed by atoms with E-state index in [1.165, 1.54) is 0 Å². The van der Waals surface area contributed by atoms with Crippen molar-refractivity contribution in [3.63, 3.8) is 0 Å². The molecule has 8 heteroatoms. The second kappa shape index (κ2) is 9.42. The maximum atomic E-state index is 12.6. The third-order valence-electron chi connectivity index (χ3n) is 5.89. The summed E-state index contributed by atoms with van der Waals surface area (Å²) in [6, 6.07) is 7.13. The molecule has 7 nitrogen and oxygen atoms in total. The van der Waals surface area contributed by atoms with Gasteiger partial charge in [0.15, 0.2) is 11.6 Å². The largest absolute Gasteiger partial charge is 0.491 e. The monoisotopic (exact) mass is 457 g/mol. The number of carbonyl (C=O) groups is 4. The van der Waals surface area contributed by atoms with Gasteiger partial charge in [-0.25, -0.2) is 0 Å². The summed E-state index contributed by atoms with van der Waals surface area (Å²) in [5.41, 5.74) is 1.54. The lowest BCUT2D eigenvalue weighted by molar-refractivity contribution is -0.119. The molecule has 2 aliphatic rings. The molecule has 3 rings (SSSR count). The number of hydrogen-bond acceptors (Lipinski definition) is 7. The second-order valence-electron chi connectivity index (χ2n) is 8.53. The number of hydrogen-bond donors (Lipinski definition) is 2. The number of ketones is 2. The number of nitrogens with one attached hydrogen (secondary N) is 1. The first-order chi connectivity index (χ1) is 15.0. The highest BCUT2D eigenvalue weighted by atomic mass is 32.2. The summed E-state index contributed by atoms with van der Waals surface area (Å²) in [7, 11) is 0. The molecular formula is C24H27NO6S. The number of imide groups is 1. The highest BCUT2D eigenvalue weighted by Crippen LogP contribution is 2.29. The van der Waals surface area contributed by atoms with Crippen molar-refractivity contribution in [2.24, 2.45) is 0 Å². The predicted octanol–water partition coefficient (Wildman–Crippen LogP) is 3.30. The number of thioether (sulfide) groups is 1. The van der Waals surface area contributed by atoms with E-state index in [0.717, 1.165) is 17.3 Å². The number of allylic oxidation sites excluding steroid dienone is 4. The number of rotatable bonds is 8. The van der Waals surface area contributed by atoms with Gasteiger partial charge in [-0.3, -0.25) is 24.5 Å². The summed E-state index contributed by atoms with van der Waals surface area (Å²) in [5.74, 6) is 0.0247. The Morgan fingerprint density at radius 3 is 2.22 bits per heavy atom. The lowest BCUT2D eigenvalue weighted by Gasteiger charge is -2.25. The summed E-state index contributed by atoms with van der Waals surface area (Å²) in [4.78, 5) is 47.8. The van der Waals surface area contributed by atoms with Crippen LogP contribution in [0.1, 0.15) is 46.1 Å². The van der Waals surface area contributed by atoms with Crippen LogP contribution in [-0.2, 0) is 20.8 Å². The van der Waals surface area contributed by atoms with Crippen molar-refractivity contribution in [2.75, 3.05) is 6.61 Å². The normalized spacial score (nSPS) is 21.2. The molecule has 0 radical (unpaired) electrons. The Morgan fingerprint density at radius 2 is 1.62 bits per heavy atom. The van der Waals surface area contributed by atoms with Crippen molar-refractivity contribution in [3.8, 4) is 5.75 Å². The van der Waals surface area contributed by atoms with Crippen molar-refractivity contribution < 1.29 is 29.0 Å². The van der Waals surface area contributed by atoms with Crippen molar-refractivity contribution in [2.45, 2.75) is 57.8 Å². The van der Waals surface area contributed by atoms with E-state index in [0.29, 0.717) is 34.5 Å². The van der Waals surface area contributed by atoms with E-state index >= 15 is 0 Å². The number of amides is 2. The van der Waals surface area contributed by atoms with Gasteiger partial charge in [0.25, 0.3) is 5.24 Å². The molecule has 2 atom stereocenters. The molecule has 1 unspecified atom stereocenters. The van der Waals surface area contributed by atoms with Crippen molar-refractivity contribution >= 4 is 34.5 Å². The van der Waals surface area contributed by atoms with Gasteiger partial charge in [-0.05, 0) is 64.7 Å². The molecule has 0 aromatic heterocycles. The molecule has 1 aliphatic heterocycles. The molecule has 1 aliphatic carbocycles. The minimum Gasteiger partial charge on any atom is -0.491 e. The van der Waals surface area contributed by atoms with Crippen LogP contribution in [0, 0.1) is 0 Å². The fourth-order valence-electron chi connectivity index (χ4n) is 3.63. The Labute approximate surface area is 191 Å². The Morgan fingerprint density at radius 1 is 1.00 bits per heavy atom. The average molecular weight is 458 g/mol. The topological polar surface area (TPSA) is 110 Å². The zero-order valence-corrected chi connectivity index (χ0v) is 19.4. The molecule has 0 saturated carbocycles. The molecule has 2 amide bonds. The third kappa shape index (κ3) is 5.37. The highest BCUT2D eigenvalue weighted by molar-refractivity contribution is 8.15. The number of ether oxygens (including phenoxy) is 1. The molecule has 0 spiro atoms. The van der Waals surface area contributed by atoms with Gasteiger partial charge in [-0.15, -0.1) is 0 Å². The summed E-state index contributed by atoms with van der Waals surface area (Å²) in [6.45, 7) is 6.62. The molecule has 32 heavy (non-hydrogen) atoms. The van der Waals surface area contributed by atoms with Gasteiger partial charge in [0, 0.05) is 22.3 Å². The Balaban J connectivity index is 1.54. The van der Waals surface area contributed by atoms with Crippen LogP contribution in [-0.4, -0.2) is 45.3 Å². The van der Waals surface area contributed by atoms with Crippen LogP contribution in [0.15, 0.2) is 46.6 Å². The zero-order chi connectivity index (χ0) is 23.6. The molecule has 1 heterocycles. The third-order valence-corrected chi connectivity index (χ3v) is 6.87. The van der Waals surface area contributed by atoms with Crippen LogP contribution in [0.3, 0.4) is 0 Å². The quantitative estimate of drug-likeness (QED) is 0.577. The van der Waals surface area contributed by atoms with Gasteiger partial charge < -0.3 is 9.84 Å². The van der Waals surface area contributed by atoms with Gasteiger partial charge in [-0.2, -0.15) is 0 Å². The smallest absolute Gasteiger partial charge is 0.286 e. The molecule has 1 aromatic rings. The van der Waals surface area contributed by atoms with Crippen molar-refractivity contribution in [1.29, 1.82) is 0 Å². The number of aliphatic hydroxyl groups is 1. The van der Waals surface area contributed by atoms with Crippen LogP contribution >= 0.6 is 11.8 Å². The fourth-order valence-corrected chi connectivity index (χ4v) is 4.48. The van der Waals surface area contributed by atoms with Gasteiger partial charge in [-0.1, -0.05) is 23.9 Å². The van der Waals surface area contributed by atoms with E-state index in [2.05, 4.69) is 5.32 Å². The van der Waals surface area contributed by atoms with E-state index in [1.807, 2.05) is 12.1 Å². The minimum atomic E-state index is -1.20. The van der Waals surface area contributed by atoms with E-state index < -0.39 is 10.9 Å². The summed E-state index contributed by atoms with van der Waals surface area (Å²) >= 11 is 0.989. The predicted molar refractivity (Wildman–Crippen MR) is 122 cm³/mol. The van der Waals surface area contributed by atoms with Gasteiger partial charge >= 0.3 is 0 Å². The van der Waals surface area contributed by atoms with Gasteiger partial charge in [0.1, 0.15) is 12.4 Å². The van der Waals surface area contributed by atoms with Crippen LogP contribution in [0.2, 0.25) is 0 Å². The SMILES string of the molecule is CC1=C(C)C(=O)C(CCC(C)(O)COc2ccc(C[C@H]3SC(=O)NC3=O)cc2)=C(C)C1=O. The molecule has 2 N–H and O–H groups in total. The van der Waals surface area contributed by atoms with E-state index in [1.54, 1.807) is 39.8 Å². The molecule has 1 aromatic carbocycles. The maximum absolute atomic E-state index is 12.6. The molecule has 170 valence electrons. The lowest BCUT2D eigenvalue weighted by atomic mass is 9.82. The van der Waals surface area contributed by atoms with Crippen molar-refractivity contribution in [3.05, 3.63) is 52.1 Å². The minimum absolute atomic E-state index is 0.0179. The summed E-state index contributed by atoms with van der Waals surface area (Å²) in [6.07, 6.45) is 0.996. The van der Waals surface area contributed by atoms with Crippen LogP contribution in [0.5, 0.6) is 5.75 Å². The Hall–Kier alpha value is -2.71. The maximum Gasteiger partial charge on any atom is 0.286 e. The second-order valence-corrected chi connectivity index (χ2v) is 9.70. The first kappa shape index (κ1) is 23.9. The van der Waals surface area contributed by atoms with E-state index in [-0.39, 0.29) is 42.2 Å². The number of carbonyl (C=O) groups excluding carboxylic acids is 4.